The van der Waals surface area contributed by atoms with E-state index in [0.717, 1.165) is 118 Å². The number of piperidine rings is 5. The molecule has 0 bridgehead atoms. The van der Waals surface area contributed by atoms with Gasteiger partial charge in [-0.1, -0.05) is 135 Å². The van der Waals surface area contributed by atoms with E-state index in [2.05, 4.69) is 195 Å². The molecule has 9 aliphatic rings. The lowest BCUT2D eigenvalue weighted by Gasteiger charge is -2.38. The number of amides is 8. The minimum absolute atomic E-state index is 0. The average Bonchev–Trinajstić information content (AvgIpc) is 1.67. The Balaban J connectivity index is 0.000000180. The fourth-order valence-corrected chi connectivity index (χ4v) is 25.0. The second-order valence-corrected chi connectivity index (χ2v) is 44.8. The zero-order valence-electron chi connectivity index (χ0n) is 78.5. The normalized spacial score (nSPS) is 22.3. The summed E-state index contributed by atoms with van der Waals surface area (Å²) in [6, 6.07) is 43.6. The first-order valence-corrected chi connectivity index (χ1v) is 50.1. The van der Waals surface area contributed by atoms with Crippen LogP contribution in [0.15, 0.2) is 149 Å². The smallest absolute Gasteiger partial charge is 0.327 e. The Bertz CT molecular complexity index is 5420. The van der Waals surface area contributed by atoms with E-state index in [-0.39, 0.29) is 132 Å². The number of hydrogen-bond donors (Lipinski definition) is 3. The third kappa shape index (κ3) is 22.5. The monoisotopic (exact) mass is 1840 g/mol. The van der Waals surface area contributed by atoms with E-state index in [1.165, 1.54) is 22.5 Å². The minimum atomic E-state index is -0.412. The number of likely N-dealkylation sites (tertiary alicyclic amines) is 3. The Labute approximate surface area is 783 Å². The molecule has 30 heteroatoms. The number of imidazole rings is 2. The number of H-pyrrole nitrogens is 2. The molecular weight excluding hydrogens is 1690 g/mol. The highest BCUT2D eigenvalue weighted by Gasteiger charge is 2.49. The second kappa shape index (κ2) is 41.3. The number of anilines is 4. The van der Waals surface area contributed by atoms with Crippen LogP contribution in [0.3, 0.4) is 0 Å². The number of benzene rings is 4. The third-order valence-electron chi connectivity index (χ3n) is 27.7. The number of carbonyl (C=O) groups is 7. The molecule has 13 heterocycles. The lowest BCUT2D eigenvalue weighted by molar-refractivity contribution is -0.137. The van der Waals surface area contributed by atoms with E-state index in [0.29, 0.717) is 108 Å². The highest BCUT2D eigenvalue weighted by atomic mass is 32.2. The zero-order valence-corrected chi connectivity index (χ0v) is 80.9. The molecular formula is C100H142N18O9S3. The summed E-state index contributed by atoms with van der Waals surface area (Å²) in [5.74, 6) is 0.245. The van der Waals surface area contributed by atoms with Crippen LogP contribution in [-0.2, 0) is 35.2 Å². The molecule has 4 aromatic carbocycles. The van der Waals surface area contributed by atoms with Crippen LogP contribution in [0.2, 0.25) is 0 Å². The van der Waals surface area contributed by atoms with Gasteiger partial charge >= 0.3 is 17.4 Å². The maximum atomic E-state index is 14.1. The van der Waals surface area contributed by atoms with E-state index in [9.17, 15) is 43.2 Å². The number of pyridine rings is 2. The van der Waals surface area contributed by atoms with Crippen molar-refractivity contribution < 1.29 is 37.8 Å². The molecule has 704 valence electrons. The number of para-hydroxylation sites is 4. The molecule has 8 saturated heterocycles. The molecule has 27 nitrogen and oxygen atoms in total. The number of nitrogens with zero attached hydrogens (tertiary/aromatic N) is 15. The fourth-order valence-electron chi connectivity index (χ4n) is 20.2. The Morgan fingerprint density at radius 2 is 0.838 bits per heavy atom. The number of urea groups is 1. The zero-order chi connectivity index (χ0) is 92.0. The van der Waals surface area contributed by atoms with Crippen molar-refractivity contribution in [2.24, 2.45) is 16.2 Å². The van der Waals surface area contributed by atoms with Gasteiger partial charge in [0.2, 0.25) is 35.4 Å². The van der Waals surface area contributed by atoms with Gasteiger partial charge in [0.1, 0.15) is 10.7 Å². The minimum Gasteiger partial charge on any atom is -0.371 e. The summed E-state index contributed by atoms with van der Waals surface area (Å²) in [4.78, 5) is 158. The average molecular weight is 1840 g/mol. The third-order valence-corrected chi connectivity index (χ3v) is 32.0. The largest absolute Gasteiger partial charge is 0.371 e. The predicted octanol–water partition coefficient (Wildman–Crippen LogP) is 15.9. The quantitative estimate of drug-likeness (QED) is 0.0603. The summed E-state index contributed by atoms with van der Waals surface area (Å²) in [5.41, 5.74) is 10.4. The number of aromatic nitrogens is 6. The van der Waals surface area contributed by atoms with Crippen LogP contribution >= 0.6 is 35.3 Å². The maximum Gasteiger partial charge on any atom is 0.327 e. The molecule has 0 radical (unpaired) electrons. The Morgan fingerprint density at radius 3 is 1.26 bits per heavy atom. The molecule has 8 aromatic rings. The summed E-state index contributed by atoms with van der Waals surface area (Å²) >= 11 is 4.92. The van der Waals surface area contributed by atoms with Crippen LogP contribution in [0.1, 0.15) is 209 Å². The van der Waals surface area contributed by atoms with Gasteiger partial charge in [0.15, 0.2) is 11.3 Å². The number of rotatable bonds is 21. The molecule has 9 aliphatic heterocycles. The molecule has 3 N–H and O–H groups in total. The number of nitrogens with one attached hydrogen (secondary N) is 3. The van der Waals surface area contributed by atoms with Crippen molar-refractivity contribution in [2.75, 3.05) is 133 Å². The highest BCUT2D eigenvalue weighted by molar-refractivity contribution is 8.02. The van der Waals surface area contributed by atoms with Crippen molar-refractivity contribution in [3.8, 4) is 0 Å². The molecule has 6 atom stereocenters. The molecule has 0 spiro atoms. The Morgan fingerprint density at radius 1 is 0.438 bits per heavy atom. The van der Waals surface area contributed by atoms with Crippen LogP contribution in [-0.4, -0.2) is 262 Å². The molecule has 0 aliphatic carbocycles. The molecule has 4 aromatic heterocycles. The van der Waals surface area contributed by atoms with Crippen LogP contribution in [0, 0.1) is 16.2 Å². The van der Waals surface area contributed by atoms with Gasteiger partial charge in [-0.05, 0) is 194 Å². The van der Waals surface area contributed by atoms with Crippen molar-refractivity contribution in [2.45, 2.75) is 234 Å². The van der Waals surface area contributed by atoms with Crippen LogP contribution < -0.4 is 31.4 Å². The SMILES string of the molecule is CC(C)(C)CC1SC(CC(=O)N2CCC(n3c(=O)[nH]c4ncccc43)CC2)C(=O)N1c1ccccc1.CN(C)C1CCN(c2ccccc2C2SC(CC(=O)N3CCC(N4CCc5ccccc5NC4=O)CC3)C(=O)N2CCC(C)(C)C)CC1.CN(C)C1CCN(c2ccccc2C2SC(CC(=O)N3CCC(n4c(=O)[nH]c5ncccc54)CC3)C(=O)N2CCC(C)(C)C)CC1.[HH].[HH].[HH]. The molecule has 8 amide bonds. The molecule has 8 fully saturated rings. The van der Waals surface area contributed by atoms with E-state index in [1.54, 1.807) is 56.8 Å². The number of thioether (sulfide) groups is 3. The lowest BCUT2D eigenvalue weighted by Crippen LogP contribution is -2.50. The summed E-state index contributed by atoms with van der Waals surface area (Å²) in [7, 11) is 8.65. The summed E-state index contributed by atoms with van der Waals surface area (Å²) in [6.07, 6.45) is 16.2. The molecule has 17 rings (SSSR count). The van der Waals surface area contributed by atoms with Crippen LogP contribution in [0.25, 0.3) is 22.3 Å². The molecule has 6 unspecified atom stereocenters. The number of aromatic amines is 2. The molecule has 0 saturated carbocycles. The summed E-state index contributed by atoms with van der Waals surface area (Å²) in [6.45, 7) is 29.3. The van der Waals surface area contributed by atoms with Gasteiger partial charge in [0.05, 0.1) is 32.2 Å². The standard InChI is InChI=1S/C38H54N6O3S.C35H49N7O3S.C27H33N5O3S.3H2/c1-38(2,3)19-25-44-35(46)33(48-36(44)30-11-7-9-13-32(30)41-20-15-28(16-21-41)40(4)5)26-34(45)42-22-17-29(18-23-42)43-24-14-27-10-6-8-12-31(27)39-37(43)47;1-35(2,3)16-22-41-32(44)29(46-33(41)26-9-6-7-10-27(26)39-18-12-24(13-19-39)38(4)5)23-30(43)40-20-14-25(15-21-40)42-28-11-8-17-36-31(28)37-34(42)45;1-27(2,3)17-23-32(18-8-5-4-6-9-18)25(34)21(36-23)16-22(33)30-14-11-19(12-15-30)31-20-10-7-13-28-24(20)29-26(31)35;;;/h6-13,28-29,33,36H,14-26H2,1-5H3,(H,39,47);6-11,17,24-25,29,33H,12-16,18-23H2,1-5H3,(H,36,37,45);4-10,13,19,21,23H,11-12,14-17H2,1-3H3,(H,28,29,35);3*1H. The topological polar surface area (TPSA) is 269 Å². The first-order valence-electron chi connectivity index (χ1n) is 47.2. The van der Waals surface area contributed by atoms with Gasteiger partial charge in [0.25, 0.3) is 0 Å². The van der Waals surface area contributed by atoms with Crippen molar-refractivity contribution in [1.29, 1.82) is 0 Å². The first-order chi connectivity index (χ1) is 62.2. The maximum absolute atomic E-state index is 14.1. The van der Waals surface area contributed by atoms with E-state index >= 15 is 0 Å². The van der Waals surface area contributed by atoms with Crippen LogP contribution in [0.4, 0.5) is 27.5 Å². The van der Waals surface area contributed by atoms with Crippen molar-refractivity contribution >= 4 is 122 Å². The number of carbonyl (C=O) groups excluding carboxylic acids is 7. The van der Waals surface area contributed by atoms with Gasteiger partial charge in [0, 0.05) is 185 Å². The van der Waals surface area contributed by atoms with Crippen molar-refractivity contribution in [3.63, 3.8) is 0 Å². The number of fused-ring (bicyclic) bond motifs is 3. The van der Waals surface area contributed by atoms with Gasteiger partial charge < -0.3 is 54.3 Å². The predicted molar refractivity (Wildman–Crippen MR) is 530 cm³/mol. The second-order valence-electron chi connectivity index (χ2n) is 40.8. The van der Waals surface area contributed by atoms with Gasteiger partial charge in [-0.3, -0.25) is 52.8 Å². The first kappa shape index (κ1) is 95.0. The van der Waals surface area contributed by atoms with Crippen LogP contribution in [0.5, 0.6) is 0 Å². The van der Waals surface area contributed by atoms with Crippen molar-refractivity contribution in [3.05, 3.63) is 177 Å². The van der Waals surface area contributed by atoms with E-state index in [1.807, 2.05) is 102 Å². The van der Waals surface area contributed by atoms with Gasteiger partial charge in [-0.2, -0.15) is 0 Å². The Kier molecular flexibility index (Phi) is 30.1. The van der Waals surface area contributed by atoms with E-state index in [4.69, 9.17) is 0 Å². The van der Waals surface area contributed by atoms with Crippen molar-refractivity contribution in [1.82, 2.24) is 68.3 Å². The van der Waals surface area contributed by atoms with E-state index < -0.39 is 10.5 Å². The van der Waals surface area contributed by atoms with Gasteiger partial charge in [-0.25, -0.2) is 24.4 Å². The molecule has 130 heavy (non-hydrogen) atoms. The van der Waals surface area contributed by atoms with Gasteiger partial charge in [-0.15, -0.1) is 35.3 Å². The fraction of sp³-hybridized carbons (Fsp3) is 0.570. The Hall–Kier alpha value is -9.62. The number of hydrogen-bond acceptors (Lipinski definition) is 18. The summed E-state index contributed by atoms with van der Waals surface area (Å²) in [5, 5.41) is 1.66. The highest BCUT2D eigenvalue weighted by Crippen LogP contribution is 2.51. The lowest BCUT2D eigenvalue weighted by atomic mass is 9.92. The summed E-state index contributed by atoms with van der Waals surface area (Å²) < 4.78 is 3.56.